The van der Waals surface area contributed by atoms with E-state index in [-0.39, 0.29) is 0 Å². The van der Waals surface area contributed by atoms with Crippen LogP contribution in [0.1, 0.15) is 19.0 Å². The Hall–Kier alpha value is -1.28. The predicted octanol–water partition coefficient (Wildman–Crippen LogP) is 3.30. The van der Waals surface area contributed by atoms with Crippen LogP contribution in [0.2, 0.25) is 5.02 Å². The van der Waals surface area contributed by atoms with E-state index in [1.54, 1.807) is 12.3 Å². The van der Waals surface area contributed by atoms with E-state index in [0.717, 1.165) is 17.7 Å². The summed E-state index contributed by atoms with van der Waals surface area (Å²) < 4.78 is 0. The minimum atomic E-state index is 0.555. The predicted molar refractivity (Wildman–Crippen MR) is 62.1 cm³/mol. The quantitative estimate of drug-likeness (QED) is 0.775. The van der Waals surface area contributed by atoms with Crippen molar-refractivity contribution in [3.8, 4) is 0 Å². The van der Waals surface area contributed by atoms with Crippen LogP contribution >= 0.6 is 11.6 Å². The molecule has 0 radical (unpaired) electrons. The van der Waals surface area contributed by atoms with Gasteiger partial charge in [-0.25, -0.2) is 0 Å². The lowest BCUT2D eigenvalue weighted by Gasteiger charge is -2.04. The minimum absolute atomic E-state index is 0.555. The largest absolute Gasteiger partial charge is 0.397 e. The molecule has 1 heterocycles. The number of halogens is 1. The number of pyridine rings is 1. The highest BCUT2D eigenvalue weighted by Crippen LogP contribution is 2.24. The Balaban J connectivity index is 2.90. The van der Waals surface area contributed by atoms with Crippen LogP contribution < -0.4 is 5.73 Å². The van der Waals surface area contributed by atoms with Gasteiger partial charge in [-0.2, -0.15) is 0 Å². The van der Waals surface area contributed by atoms with Crippen molar-refractivity contribution < 1.29 is 0 Å². The molecule has 1 aromatic rings. The molecule has 1 rings (SSSR count). The second-order valence-corrected chi connectivity index (χ2v) is 3.38. The molecule has 2 nitrogen and oxygen atoms in total. The maximum Gasteiger partial charge on any atom is 0.0846 e. The summed E-state index contributed by atoms with van der Waals surface area (Å²) in [6.07, 6.45) is 6.32. The molecule has 0 aliphatic carbocycles. The molecule has 0 saturated heterocycles. The number of nitrogens with zero attached hydrogens (tertiary/aromatic N) is 1. The molecule has 0 atom stereocenters. The van der Waals surface area contributed by atoms with E-state index in [9.17, 15) is 0 Å². The number of nitrogens with two attached hydrogens (primary N) is 1. The van der Waals surface area contributed by atoms with Crippen LogP contribution in [0.15, 0.2) is 31.0 Å². The van der Waals surface area contributed by atoms with Gasteiger partial charge in [0.15, 0.2) is 0 Å². The lowest BCUT2D eigenvalue weighted by Crippen LogP contribution is -1.92. The van der Waals surface area contributed by atoms with Gasteiger partial charge in [0, 0.05) is 0 Å². The molecule has 0 aliphatic rings. The van der Waals surface area contributed by atoms with E-state index < -0.39 is 0 Å². The summed E-state index contributed by atoms with van der Waals surface area (Å²) in [6.45, 7) is 5.88. The first kappa shape index (κ1) is 10.8. The van der Waals surface area contributed by atoms with Crippen LogP contribution in [-0.2, 0) is 0 Å². The summed E-state index contributed by atoms with van der Waals surface area (Å²) in [5, 5.41) is 0.555. The Kier molecular flexibility index (Phi) is 3.72. The van der Waals surface area contributed by atoms with Gasteiger partial charge in [0.25, 0.3) is 0 Å². The highest BCUT2D eigenvalue weighted by molar-refractivity contribution is 6.32. The first-order chi connectivity index (χ1) is 6.65. The standard InChI is InChI=1S/C11H13ClN2/c1-3-4-5-8(2)11-10(12)6-9(13)7-14-11/h3-4,6-7H,2,5,13H2,1H3/b4-3-. The van der Waals surface area contributed by atoms with Gasteiger partial charge in [0.2, 0.25) is 0 Å². The van der Waals surface area contributed by atoms with Crippen LogP contribution in [0.25, 0.3) is 5.57 Å². The molecule has 0 unspecified atom stereocenters. The summed E-state index contributed by atoms with van der Waals surface area (Å²) in [4.78, 5) is 4.14. The fraction of sp³-hybridized carbons (Fsp3) is 0.182. The summed E-state index contributed by atoms with van der Waals surface area (Å²) in [5.41, 5.74) is 7.72. The molecule has 0 spiro atoms. The second-order valence-electron chi connectivity index (χ2n) is 2.98. The summed E-state index contributed by atoms with van der Waals surface area (Å²) in [5.74, 6) is 0. The number of anilines is 1. The zero-order valence-corrected chi connectivity index (χ0v) is 8.88. The van der Waals surface area contributed by atoms with Crippen molar-refractivity contribution in [1.29, 1.82) is 0 Å². The topological polar surface area (TPSA) is 38.9 Å². The number of aromatic nitrogens is 1. The Morgan fingerprint density at radius 3 is 3.00 bits per heavy atom. The van der Waals surface area contributed by atoms with Crippen molar-refractivity contribution in [2.24, 2.45) is 0 Å². The van der Waals surface area contributed by atoms with Crippen LogP contribution in [0.5, 0.6) is 0 Å². The smallest absolute Gasteiger partial charge is 0.0846 e. The summed E-state index contributed by atoms with van der Waals surface area (Å²) in [7, 11) is 0. The average Bonchev–Trinajstić information content (AvgIpc) is 2.14. The molecule has 0 bridgehead atoms. The van der Waals surface area contributed by atoms with Crippen LogP contribution in [0.3, 0.4) is 0 Å². The van der Waals surface area contributed by atoms with Gasteiger partial charge in [0.05, 0.1) is 22.6 Å². The summed E-state index contributed by atoms with van der Waals surface area (Å²) in [6, 6.07) is 1.69. The zero-order chi connectivity index (χ0) is 10.6. The van der Waals surface area contributed by atoms with Gasteiger partial charge in [-0.3, -0.25) is 4.98 Å². The monoisotopic (exact) mass is 208 g/mol. The average molecular weight is 209 g/mol. The number of nitrogen functional groups attached to an aromatic ring is 1. The maximum atomic E-state index is 5.98. The van der Waals surface area contributed by atoms with E-state index >= 15 is 0 Å². The van der Waals surface area contributed by atoms with Crippen molar-refractivity contribution >= 4 is 22.9 Å². The van der Waals surface area contributed by atoms with Crippen LogP contribution in [-0.4, -0.2) is 4.98 Å². The fourth-order valence-electron chi connectivity index (χ4n) is 1.07. The third-order valence-electron chi connectivity index (χ3n) is 1.80. The minimum Gasteiger partial charge on any atom is -0.397 e. The van der Waals surface area contributed by atoms with Gasteiger partial charge in [-0.15, -0.1) is 0 Å². The van der Waals surface area contributed by atoms with E-state index in [2.05, 4.69) is 11.6 Å². The third kappa shape index (κ3) is 2.60. The Morgan fingerprint density at radius 2 is 2.43 bits per heavy atom. The van der Waals surface area contributed by atoms with Gasteiger partial charge in [-0.1, -0.05) is 30.3 Å². The molecule has 0 aromatic carbocycles. The molecule has 0 aliphatic heterocycles. The Morgan fingerprint density at radius 1 is 1.71 bits per heavy atom. The molecule has 3 heteroatoms. The lowest BCUT2D eigenvalue weighted by molar-refractivity contribution is 1.24. The molecular formula is C11H13ClN2. The first-order valence-electron chi connectivity index (χ1n) is 4.35. The van der Waals surface area contributed by atoms with Gasteiger partial charge < -0.3 is 5.73 Å². The molecule has 0 saturated carbocycles. The summed E-state index contributed by atoms with van der Waals surface area (Å²) >= 11 is 5.98. The van der Waals surface area contributed by atoms with Crippen molar-refractivity contribution in [3.05, 3.63) is 41.7 Å². The van der Waals surface area contributed by atoms with Crippen molar-refractivity contribution in [2.45, 2.75) is 13.3 Å². The lowest BCUT2D eigenvalue weighted by atomic mass is 10.1. The van der Waals surface area contributed by atoms with Crippen molar-refractivity contribution in [3.63, 3.8) is 0 Å². The van der Waals surface area contributed by atoms with Crippen molar-refractivity contribution in [2.75, 3.05) is 5.73 Å². The molecular weight excluding hydrogens is 196 g/mol. The Labute approximate surface area is 89.1 Å². The van der Waals surface area contributed by atoms with E-state index in [4.69, 9.17) is 17.3 Å². The highest BCUT2D eigenvalue weighted by atomic mass is 35.5. The fourth-order valence-corrected chi connectivity index (χ4v) is 1.38. The number of hydrogen-bond acceptors (Lipinski definition) is 2. The molecule has 0 amide bonds. The van der Waals surface area contributed by atoms with E-state index in [1.165, 1.54) is 0 Å². The van der Waals surface area contributed by atoms with Crippen LogP contribution in [0.4, 0.5) is 5.69 Å². The number of rotatable bonds is 3. The van der Waals surface area contributed by atoms with Crippen molar-refractivity contribution in [1.82, 2.24) is 4.98 Å². The molecule has 74 valence electrons. The first-order valence-corrected chi connectivity index (χ1v) is 4.73. The van der Waals surface area contributed by atoms with Gasteiger partial charge in [-0.05, 0) is 25.0 Å². The second kappa shape index (κ2) is 4.82. The van der Waals surface area contributed by atoms with Gasteiger partial charge in [0.1, 0.15) is 0 Å². The van der Waals surface area contributed by atoms with E-state index in [1.807, 2.05) is 19.1 Å². The zero-order valence-electron chi connectivity index (χ0n) is 8.13. The SMILES string of the molecule is C=C(C/C=C\C)c1ncc(N)cc1Cl. The molecule has 1 aromatic heterocycles. The normalized spacial score (nSPS) is 10.7. The third-order valence-corrected chi connectivity index (χ3v) is 2.09. The molecule has 0 fully saturated rings. The van der Waals surface area contributed by atoms with Gasteiger partial charge >= 0.3 is 0 Å². The molecule has 14 heavy (non-hydrogen) atoms. The number of allylic oxidation sites excluding steroid dienone is 3. The number of hydrogen-bond donors (Lipinski definition) is 1. The molecule has 2 N–H and O–H groups in total. The van der Waals surface area contributed by atoms with Crippen LogP contribution in [0, 0.1) is 0 Å². The highest BCUT2D eigenvalue weighted by Gasteiger charge is 2.04. The van der Waals surface area contributed by atoms with E-state index in [0.29, 0.717) is 10.7 Å². The Bertz CT molecular complexity index is 370. The maximum absolute atomic E-state index is 5.98.